The van der Waals surface area contributed by atoms with Gasteiger partial charge >= 0.3 is 0 Å². The first-order chi connectivity index (χ1) is 15.1. The highest BCUT2D eigenvalue weighted by Crippen LogP contribution is 2.13. The van der Waals surface area contributed by atoms with Crippen molar-refractivity contribution in [2.24, 2.45) is 0 Å². The third-order valence-electron chi connectivity index (χ3n) is 4.58. The number of imidazole rings is 1. The molecule has 4 aromatic rings. The van der Waals surface area contributed by atoms with E-state index >= 15 is 0 Å². The molecule has 4 rings (SSSR count). The SMILES string of the molecule is Cl.Cl.Cl.O=C(NCc1ncccc1F)c1csc(CCNCCc2nc3ccc(F)cc3[nH]2)n1. The Morgan fingerprint density at radius 3 is 2.65 bits per heavy atom. The molecule has 3 N–H and O–H groups in total. The average Bonchev–Trinajstić information content (AvgIpc) is 3.39. The van der Waals surface area contributed by atoms with Crippen LogP contribution in [0.5, 0.6) is 0 Å². The van der Waals surface area contributed by atoms with Crippen molar-refractivity contribution in [3.05, 3.63) is 75.8 Å². The summed E-state index contributed by atoms with van der Waals surface area (Å²) in [6.07, 6.45) is 2.84. The number of H-pyrrole nitrogens is 1. The van der Waals surface area contributed by atoms with Crippen LogP contribution in [0.1, 0.15) is 27.0 Å². The molecule has 0 bridgehead atoms. The Morgan fingerprint density at radius 1 is 1.06 bits per heavy atom. The van der Waals surface area contributed by atoms with Crippen molar-refractivity contribution in [2.75, 3.05) is 13.1 Å². The summed E-state index contributed by atoms with van der Waals surface area (Å²) in [5, 5.41) is 8.46. The van der Waals surface area contributed by atoms with Gasteiger partial charge in [-0.1, -0.05) is 0 Å². The Balaban J connectivity index is 0.00000193. The van der Waals surface area contributed by atoms with Crippen molar-refractivity contribution >= 4 is 65.5 Å². The third kappa shape index (κ3) is 7.85. The van der Waals surface area contributed by atoms with Gasteiger partial charge in [-0.25, -0.2) is 18.7 Å². The molecule has 0 radical (unpaired) electrons. The first-order valence-corrected chi connectivity index (χ1v) is 10.6. The molecule has 184 valence electrons. The number of hydrogen-bond donors (Lipinski definition) is 3. The van der Waals surface area contributed by atoms with E-state index in [1.54, 1.807) is 11.4 Å². The van der Waals surface area contributed by atoms with Crippen LogP contribution in [-0.2, 0) is 19.4 Å². The van der Waals surface area contributed by atoms with Crippen LogP contribution >= 0.6 is 48.6 Å². The van der Waals surface area contributed by atoms with Crippen LogP contribution in [0, 0.1) is 11.6 Å². The van der Waals surface area contributed by atoms with Gasteiger partial charge in [0.2, 0.25) is 0 Å². The highest BCUT2D eigenvalue weighted by molar-refractivity contribution is 7.09. The molecule has 0 unspecified atom stereocenters. The van der Waals surface area contributed by atoms with Gasteiger partial charge in [0, 0.05) is 37.5 Å². The van der Waals surface area contributed by atoms with Crippen molar-refractivity contribution in [3.63, 3.8) is 0 Å². The second kappa shape index (κ2) is 14.1. The fourth-order valence-corrected chi connectivity index (χ4v) is 3.79. The maximum atomic E-state index is 13.6. The molecule has 3 heterocycles. The van der Waals surface area contributed by atoms with Crippen molar-refractivity contribution in [1.29, 1.82) is 0 Å². The first kappa shape index (κ1) is 29.7. The standard InChI is InChI=1S/C21H20F2N6OS.3ClH/c22-13-3-4-15-16(10-13)28-19(27-15)5-8-24-9-6-20-29-18(12-31-20)21(30)26-11-17-14(23)2-1-7-25-17;;;/h1-4,7,10,12,24H,5-6,8-9,11H2,(H,26,30)(H,27,28);3*1H. The molecule has 0 saturated heterocycles. The number of benzene rings is 1. The van der Waals surface area contributed by atoms with Gasteiger partial charge in [0.15, 0.2) is 0 Å². The molecule has 1 aromatic carbocycles. The second-order valence-electron chi connectivity index (χ2n) is 6.84. The number of thiazole rings is 1. The second-order valence-corrected chi connectivity index (χ2v) is 7.78. The minimum absolute atomic E-state index is 0. The Morgan fingerprint density at radius 2 is 1.85 bits per heavy atom. The van der Waals surface area contributed by atoms with Gasteiger partial charge in [0.05, 0.1) is 28.3 Å². The van der Waals surface area contributed by atoms with E-state index in [1.165, 1.54) is 41.8 Å². The fraction of sp³-hybridized carbons (Fsp3) is 0.238. The van der Waals surface area contributed by atoms with Crippen molar-refractivity contribution < 1.29 is 13.6 Å². The molecule has 13 heteroatoms. The molecule has 0 aliphatic heterocycles. The average molecular weight is 552 g/mol. The zero-order valence-electron chi connectivity index (χ0n) is 17.7. The molecular formula is C21H23Cl3F2N6OS. The number of amides is 1. The smallest absolute Gasteiger partial charge is 0.271 e. The highest BCUT2D eigenvalue weighted by Gasteiger charge is 2.12. The summed E-state index contributed by atoms with van der Waals surface area (Å²) < 4.78 is 26.8. The molecule has 0 spiro atoms. The minimum Gasteiger partial charge on any atom is -0.345 e. The van der Waals surface area contributed by atoms with Gasteiger partial charge in [0.25, 0.3) is 5.91 Å². The summed E-state index contributed by atoms with van der Waals surface area (Å²) in [6, 6.07) is 7.28. The molecule has 34 heavy (non-hydrogen) atoms. The van der Waals surface area contributed by atoms with Gasteiger partial charge in [-0.15, -0.1) is 48.6 Å². The van der Waals surface area contributed by atoms with Crippen LogP contribution < -0.4 is 10.6 Å². The van der Waals surface area contributed by atoms with Crippen molar-refractivity contribution in [2.45, 2.75) is 19.4 Å². The molecular weight excluding hydrogens is 529 g/mol. The number of halogens is 5. The molecule has 3 aromatic heterocycles. The number of nitrogens with one attached hydrogen (secondary N) is 3. The number of aromatic amines is 1. The maximum absolute atomic E-state index is 13.6. The minimum atomic E-state index is -0.456. The maximum Gasteiger partial charge on any atom is 0.271 e. The van der Waals surface area contributed by atoms with Crippen molar-refractivity contribution in [1.82, 2.24) is 30.6 Å². The van der Waals surface area contributed by atoms with Gasteiger partial charge in [-0.2, -0.15) is 0 Å². The van der Waals surface area contributed by atoms with E-state index in [9.17, 15) is 13.6 Å². The summed E-state index contributed by atoms with van der Waals surface area (Å²) in [5.74, 6) is -0.309. The number of aromatic nitrogens is 4. The number of hydrogen-bond acceptors (Lipinski definition) is 6. The summed E-state index contributed by atoms with van der Waals surface area (Å²) in [6.45, 7) is 1.41. The molecule has 0 saturated carbocycles. The number of rotatable bonds is 9. The van der Waals surface area contributed by atoms with Crippen LogP contribution in [-0.4, -0.2) is 38.9 Å². The largest absolute Gasteiger partial charge is 0.345 e. The molecule has 0 fully saturated rings. The molecule has 7 nitrogen and oxygen atoms in total. The van der Waals surface area contributed by atoms with Gasteiger partial charge in [-0.05, 0) is 30.3 Å². The Labute approximate surface area is 217 Å². The quantitative estimate of drug-likeness (QED) is 0.270. The van der Waals surface area contributed by atoms with Crippen LogP contribution in [0.2, 0.25) is 0 Å². The number of nitrogens with zero attached hydrogens (tertiary/aromatic N) is 3. The van der Waals surface area contributed by atoms with E-state index < -0.39 is 5.82 Å². The monoisotopic (exact) mass is 550 g/mol. The Bertz CT molecular complexity index is 1210. The topological polar surface area (TPSA) is 95.6 Å². The first-order valence-electron chi connectivity index (χ1n) is 9.75. The molecule has 0 aliphatic rings. The molecule has 0 atom stereocenters. The van der Waals surface area contributed by atoms with Crippen LogP contribution in [0.3, 0.4) is 0 Å². The van der Waals surface area contributed by atoms with Crippen LogP contribution in [0.4, 0.5) is 8.78 Å². The number of carbonyl (C=O) groups excluding carboxylic acids is 1. The van der Waals surface area contributed by atoms with E-state index in [2.05, 4.69) is 30.6 Å². The third-order valence-corrected chi connectivity index (χ3v) is 5.49. The predicted molar refractivity (Wildman–Crippen MR) is 136 cm³/mol. The molecule has 0 aliphatic carbocycles. The van der Waals surface area contributed by atoms with E-state index in [4.69, 9.17) is 0 Å². The van der Waals surface area contributed by atoms with E-state index in [1.807, 2.05) is 0 Å². The van der Waals surface area contributed by atoms with Crippen LogP contribution in [0.25, 0.3) is 11.0 Å². The predicted octanol–water partition coefficient (Wildman–Crippen LogP) is 4.26. The normalized spacial score (nSPS) is 10.2. The van der Waals surface area contributed by atoms with E-state index in [-0.39, 0.29) is 61.2 Å². The van der Waals surface area contributed by atoms with Gasteiger partial charge in [0.1, 0.15) is 23.2 Å². The van der Waals surface area contributed by atoms with E-state index in [0.717, 1.165) is 16.3 Å². The Kier molecular flexibility index (Phi) is 12.3. The van der Waals surface area contributed by atoms with Crippen LogP contribution in [0.15, 0.2) is 41.9 Å². The zero-order valence-corrected chi connectivity index (χ0v) is 21.0. The lowest BCUT2D eigenvalue weighted by Crippen LogP contribution is -2.24. The van der Waals surface area contributed by atoms with Gasteiger partial charge < -0.3 is 15.6 Å². The summed E-state index contributed by atoms with van der Waals surface area (Å²) in [7, 11) is 0. The summed E-state index contributed by atoms with van der Waals surface area (Å²) in [5.41, 5.74) is 1.93. The van der Waals surface area contributed by atoms with Crippen molar-refractivity contribution in [3.8, 4) is 0 Å². The number of carbonyl (C=O) groups is 1. The lowest BCUT2D eigenvalue weighted by molar-refractivity contribution is 0.0945. The fourth-order valence-electron chi connectivity index (χ4n) is 3.01. The highest BCUT2D eigenvalue weighted by atomic mass is 35.5. The van der Waals surface area contributed by atoms with E-state index in [0.29, 0.717) is 37.1 Å². The summed E-state index contributed by atoms with van der Waals surface area (Å²) in [4.78, 5) is 28.0. The van der Waals surface area contributed by atoms with Gasteiger partial charge in [-0.3, -0.25) is 9.78 Å². The Hall–Kier alpha value is -2.37. The zero-order chi connectivity index (χ0) is 21.6. The number of pyridine rings is 1. The summed E-state index contributed by atoms with van der Waals surface area (Å²) >= 11 is 1.41. The number of fused-ring (bicyclic) bond motifs is 1. The molecule has 1 amide bonds. The lowest BCUT2D eigenvalue weighted by atomic mass is 10.3. The lowest BCUT2D eigenvalue weighted by Gasteiger charge is -2.03.